The zero-order valence-corrected chi connectivity index (χ0v) is 16.4. The van der Waals surface area contributed by atoms with Crippen LogP contribution in [0.1, 0.15) is 31.9 Å². The van der Waals surface area contributed by atoms with E-state index in [1.54, 1.807) is 32.4 Å². The highest BCUT2D eigenvalue weighted by Crippen LogP contribution is 2.24. The third-order valence-corrected chi connectivity index (χ3v) is 3.87. The number of rotatable bonds is 7. The molecule has 0 heterocycles. The molecule has 0 atom stereocenters. The van der Waals surface area contributed by atoms with Crippen LogP contribution in [0.4, 0.5) is 0 Å². The Morgan fingerprint density at radius 2 is 1.59 bits per heavy atom. The van der Waals surface area contributed by atoms with Crippen molar-refractivity contribution in [2.45, 2.75) is 26.2 Å². The lowest BCUT2D eigenvalue weighted by atomic mass is 9.87. The van der Waals surface area contributed by atoms with Crippen molar-refractivity contribution in [3.8, 4) is 17.2 Å². The van der Waals surface area contributed by atoms with E-state index in [1.165, 1.54) is 11.8 Å². The second kappa shape index (κ2) is 9.07. The maximum Gasteiger partial charge on any atom is 0.277 e. The van der Waals surface area contributed by atoms with E-state index in [9.17, 15) is 4.79 Å². The lowest BCUT2D eigenvalue weighted by molar-refractivity contribution is -0.123. The predicted octanol–water partition coefficient (Wildman–Crippen LogP) is 3.53. The van der Waals surface area contributed by atoms with Crippen LogP contribution in [0, 0.1) is 0 Å². The minimum absolute atomic E-state index is 0.0768. The van der Waals surface area contributed by atoms with Crippen LogP contribution >= 0.6 is 0 Å². The summed E-state index contributed by atoms with van der Waals surface area (Å²) < 4.78 is 15.9. The van der Waals surface area contributed by atoms with Gasteiger partial charge in [-0.15, -0.1) is 0 Å². The fourth-order valence-corrected chi connectivity index (χ4v) is 2.32. The Balaban J connectivity index is 1.86. The first kappa shape index (κ1) is 20.3. The largest absolute Gasteiger partial charge is 0.497 e. The van der Waals surface area contributed by atoms with E-state index in [-0.39, 0.29) is 17.9 Å². The van der Waals surface area contributed by atoms with Crippen LogP contribution in [0.25, 0.3) is 0 Å². The van der Waals surface area contributed by atoms with E-state index in [1.807, 2.05) is 24.3 Å². The van der Waals surface area contributed by atoms with Crippen LogP contribution in [0.2, 0.25) is 0 Å². The Labute approximate surface area is 160 Å². The quantitative estimate of drug-likeness (QED) is 0.598. The number of nitrogens with one attached hydrogen (secondary N) is 1. The number of methoxy groups -OCH3 is 2. The fraction of sp³-hybridized carbons (Fsp3) is 0.333. The van der Waals surface area contributed by atoms with Crippen LogP contribution in [0.15, 0.2) is 47.6 Å². The Bertz CT molecular complexity index is 771. The molecule has 2 rings (SSSR count). The van der Waals surface area contributed by atoms with Gasteiger partial charge in [-0.25, -0.2) is 5.43 Å². The third-order valence-electron chi connectivity index (χ3n) is 3.87. The molecule has 0 aromatic heterocycles. The molecule has 1 N–H and O–H groups in total. The topological polar surface area (TPSA) is 69.2 Å². The summed E-state index contributed by atoms with van der Waals surface area (Å²) in [6.45, 7) is 6.32. The summed E-state index contributed by atoms with van der Waals surface area (Å²) in [6.07, 6.45) is 1.51. The molecule has 0 radical (unpaired) electrons. The van der Waals surface area contributed by atoms with E-state index in [2.05, 4.69) is 31.3 Å². The van der Waals surface area contributed by atoms with Crippen molar-refractivity contribution >= 4 is 12.1 Å². The van der Waals surface area contributed by atoms with Crippen molar-refractivity contribution < 1.29 is 19.0 Å². The molecule has 0 aliphatic heterocycles. The summed E-state index contributed by atoms with van der Waals surface area (Å²) in [5.74, 6) is 1.58. The summed E-state index contributed by atoms with van der Waals surface area (Å²) in [4.78, 5) is 11.9. The molecular weight excluding hydrogens is 344 g/mol. The molecule has 0 bridgehead atoms. The number of nitrogens with zero attached hydrogens (tertiary/aromatic N) is 1. The van der Waals surface area contributed by atoms with E-state index in [4.69, 9.17) is 14.2 Å². The number of amides is 1. The number of hydrogen-bond acceptors (Lipinski definition) is 5. The molecule has 6 heteroatoms. The van der Waals surface area contributed by atoms with Crippen LogP contribution in [0.5, 0.6) is 17.2 Å². The van der Waals surface area contributed by atoms with Gasteiger partial charge in [-0.2, -0.15) is 5.10 Å². The Morgan fingerprint density at radius 1 is 1.00 bits per heavy atom. The first-order valence-electron chi connectivity index (χ1n) is 8.60. The van der Waals surface area contributed by atoms with Crippen molar-refractivity contribution in [3.05, 3.63) is 53.6 Å². The first-order valence-corrected chi connectivity index (χ1v) is 8.60. The SMILES string of the molecule is COc1cc(/C=N/NC(=O)COc2ccc(C(C)(C)C)cc2)cc(OC)c1. The molecule has 27 heavy (non-hydrogen) atoms. The molecule has 0 aliphatic carbocycles. The van der Waals surface area contributed by atoms with Gasteiger partial charge in [0.05, 0.1) is 20.4 Å². The van der Waals surface area contributed by atoms with Crippen LogP contribution in [0.3, 0.4) is 0 Å². The summed E-state index contributed by atoms with van der Waals surface area (Å²) in [5.41, 5.74) is 4.46. The molecule has 0 unspecified atom stereocenters. The Hall–Kier alpha value is -3.02. The lowest BCUT2D eigenvalue weighted by Gasteiger charge is -2.19. The highest BCUT2D eigenvalue weighted by Gasteiger charge is 2.13. The van der Waals surface area contributed by atoms with Crippen molar-refractivity contribution in [2.75, 3.05) is 20.8 Å². The van der Waals surface area contributed by atoms with Crippen LogP contribution in [-0.2, 0) is 10.2 Å². The average molecular weight is 370 g/mol. The number of hydrazone groups is 1. The molecule has 6 nitrogen and oxygen atoms in total. The molecule has 0 saturated heterocycles. The molecule has 2 aromatic rings. The standard InChI is InChI=1S/C21H26N2O4/c1-21(2,3)16-6-8-17(9-7-16)27-14-20(24)23-22-13-15-10-18(25-4)12-19(11-15)26-5/h6-13H,14H2,1-5H3,(H,23,24)/b22-13+. The highest BCUT2D eigenvalue weighted by molar-refractivity contribution is 5.83. The lowest BCUT2D eigenvalue weighted by Crippen LogP contribution is -2.24. The van der Waals surface area contributed by atoms with Crippen molar-refractivity contribution in [1.82, 2.24) is 5.43 Å². The number of carbonyl (C=O) groups excluding carboxylic acids is 1. The van der Waals surface area contributed by atoms with Gasteiger partial charge in [0.1, 0.15) is 17.2 Å². The van der Waals surface area contributed by atoms with Gasteiger partial charge in [-0.05, 0) is 35.2 Å². The minimum atomic E-state index is -0.346. The van der Waals surface area contributed by atoms with Gasteiger partial charge in [0.2, 0.25) is 0 Å². The van der Waals surface area contributed by atoms with Crippen molar-refractivity contribution in [3.63, 3.8) is 0 Å². The second-order valence-electron chi connectivity index (χ2n) is 7.00. The number of ether oxygens (including phenoxy) is 3. The van der Waals surface area contributed by atoms with Gasteiger partial charge in [0.15, 0.2) is 6.61 Å². The third kappa shape index (κ3) is 6.33. The number of benzene rings is 2. The monoisotopic (exact) mass is 370 g/mol. The van der Waals surface area contributed by atoms with E-state index in [0.717, 1.165) is 5.56 Å². The molecule has 0 spiro atoms. The van der Waals surface area contributed by atoms with Gasteiger partial charge in [-0.1, -0.05) is 32.9 Å². The maximum atomic E-state index is 11.9. The number of carbonyl (C=O) groups is 1. The molecule has 2 aromatic carbocycles. The maximum absolute atomic E-state index is 11.9. The summed E-state index contributed by atoms with van der Waals surface area (Å²) in [5, 5.41) is 3.94. The van der Waals surface area contributed by atoms with Crippen LogP contribution in [-0.4, -0.2) is 32.9 Å². The normalized spacial score (nSPS) is 11.3. The second-order valence-corrected chi connectivity index (χ2v) is 7.00. The molecule has 0 saturated carbocycles. The number of hydrogen-bond donors (Lipinski definition) is 1. The van der Waals surface area contributed by atoms with Gasteiger partial charge < -0.3 is 14.2 Å². The molecule has 0 aliphatic rings. The smallest absolute Gasteiger partial charge is 0.277 e. The van der Waals surface area contributed by atoms with Gasteiger partial charge in [-0.3, -0.25) is 4.79 Å². The zero-order valence-electron chi connectivity index (χ0n) is 16.4. The average Bonchev–Trinajstić information content (AvgIpc) is 2.65. The van der Waals surface area contributed by atoms with Crippen molar-refractivity contribution in [2.24, 2.45) is 5.10 Å². The Kier molecular flexibility index (Phi) is 6.82. The molecular formula is C21H26N2O4. The van der Waals surface area contributed by atoms with E-state index in [0.29, 0.717) is 17.2 Å². The van der Waals surface area contributed by atoms with E-state index >= 15 is 0 Å². The van der Waals surface area contributed by atoms with Gasteiger partial charge in [0, 0.05) is 11.6 Å². The summed E-state index contributed by atoms with van der Waals surface area (Å²) in [6, 6.07) is 13.0. The fourth-order valence-electron chi connectivity index (χ4n) is 2.32. The molecule has 1 amide bonds. The van der Waals surface area contributed by atoms with E-state index < -0.39 is 0 Å². The Morgan fingerprint density at radius 3 is 2.11 bits per heavy atom. The van der Waals surface area contributed by atoms with Gasteiger partial charge >= 0.3 is 0 Å². The zero-order chi connectivity index (χ0) is 19.9. The predicted molar refractivity (Wildman–Crippen MR) is 106 cm³/mol. The van der Waals surface area contributed by atoms with Crippen LogP contribution < -0.4 is 19.6 Å². The summed E-state index contributed by atoms with van der Waals surface area (Å²) >= 11 is 0. The molecule has 0 fully saturated rings. The van der Waals surface area contributed by atoms with Crippen molar-refractivity contribution in [1.29, 1.82) is 0 Å². The first-order chi connectivity index (χ1) is 12.8. The molecule has 144 valence electrons. The minimum Gasteiger partial charge on any atom is -0.497 e. The summed E-state index contributed by atoms with van der Waals surface area (Å²) in [7, 11) is 3.14. The highest BCUT2D eigenvalue weighted by atomic mass is 16.5. The van der Waals surface area contributed by atoms with Gasteiger partial charge in [0.25, 0.3) is 5.91 Å².